The van der Waals surface area contributed by atoms with Crippen LogP contribution in [0, 0.1) is 0 Å². The number of ether oxygens (including phenoxy) is 1. The van der Waals surface area contributed by atoms with Crippen molar-refractivity contribution in [2.24, 2.45) is 0 Å². The number of phenolic OH excluding ortho intramolecular Hbond substituents is 1. The first-order valence-electron chi connectivity index (χ1n) is 6.65. The van der Waals surface area contributed by atoms with Gasteiger partial charge in [0.2, 0.25) is 5.43 Å². The molecule has 1 aromatic heterocycles. The van der Waals surface area contributed by atoms with Crippen LogP contribution in [0.2, 0.25) is 5.02 Å². The molecule has 0 bridgehead atoms. The summed E-state index contributed by atoms with van der Waals surface area (Å²) in [6, 6.07) is 7.12. The van der Waals surface area contributed by atoms with E-state index in [2.05, 4.69) is 0 Å². The van der Waals surface area contributed by atoms with Crippen molar-refractivity contribution in [3.8, 4) is 11.5 Å². The third-order valence-corrected chi connectivity index (χ3v) is 3.58. The number of carboxylic acids is 1. The van der Waals surface area contributed by atoms with Crippen molar-refractivity contribution in [3.63, 3.8) is 0 Å². The van der Waals surface area contributed by atoms with Crippen LogP contribution < -0.4 is 10.2 Å². The van der Waals surface area contributed by atoms with Crippen LogP contribution in [0.3, 0.4) is 0 Å². The Morgan fingerprint density at radius 2 is 2.00 bits per heavy atom. The molecule has 2 N–H and O–H groups in total. The molecule has 1 heterocycles. The molecule has 23 heavy (non-hydrogen) atoms. The van der Waals surface area contributed by atoms with E-state index in [0.717, 1.165) is 0 Å². The molecule has 118 valence electrons. The summed E-state index contributed by atoms with van der Waals surface area (Å²) < 4.78 is 10.8. The van der Waals surface area contributed by atoms with Gasteiger partial charge in [0.15, 0.2) is 6.10 Å². The lowest BCUT2D eigenvalue weighted by Gasteiger charge is -2.11. The molecule has 2 aromatic carbocycles. The van der Waals surface area contributed by atoms with Gasteiger partial charge in [-0.15, -0.1) is 0 Å². The van der Waals surface area contributed by atoms with Crippen LogP contribution in [0.15, 0.2) is 39.5 Å². The Hall–Kier alpha value is -2.73. The van der Waals surface area contributed by atoms with Gasteiger partial charge < -0.3 is 19.4 Å². The lowest BCUT2D eigenvalue weighted by atomic mass is 10.1. The van der Waals surface area contributed by atoms with E-state index in [1.807, 2.05) is 0 Å². The van der Waals surface area contributed by atoms with Crippen molar-refractivity contribution >= 4 is 39.5 Å². The lowest BCUT2D eigenvalue weighted by Crippen LogP contribution is -2.22. The highest BCUT2D eigenvalue weighted by Gasteiger charge is 2.17. The first-order chi connectivity index (χ1) is 10.9. The second kappa shape index (κ2) is 5.48. The number of hydrogen-bond donors (Lipinski definition) is 2. The Bertz CT molecular complexity index is 991. The summed E-state index contributed by atoms with van der Waals surface area (Å²) in [5.41, 5.74) is -0.0359. The van der Waals surface area contributed by atoms with Gasteiger partial charge in [0, 0.05) is 17.2 Å². The maximum Gasteiger partial charge on any atom is 0.344 e. The maximum absolute atomic E-state index is 12.5. The predicted molar refractivity (Wildman–Crippen MR) is 84.4 cm³/mol. The fourth-order valence-corrected chi connectivity index (χ4v) is 2.40. The van der Waals surface area contributed by atoms with Crippen molar-refractivity contribution < 1.29 is 24.2 Å². The average molecular weight is 335 g/mol. The molecule has 0 fully saturated rings. The van der Waals surface area contributed by atoms with Gasteiger partial charge in [0.05, 0.1) is 5.39 Å². The number of rotatable bonds is 3. The third kappa shape index (κ3) is 2.68. The molecule has 1 atom stereocenters. The van der Waals surface area contributed by atoms with Crippen molar-refractivity contribution in [2.75, 3.05) is 0 Å². The summed E-state index contributed by atoms with van der Waals surface area (Å²) in [4.78, 5) is 23.3. The molecule has 0 saturated heterocycles. The number of hydrogen-bond acceptors (Lipinski definition) is 5. The maximum atomic E-state index is 12.5. The van der Waals surface area contributed by atoms with Gasteiger partial charge in [-0.25, -0.2) is 4.79 Å². The van der Waals surface area contributed by atoms with E-state index >= 15 is 0 Å². The minimum atomic E-state index is -1.15. The molecule has 0 aliphatic rings. The molecule has 0 aliphatic heterocycles. The average Bonchev–Trinajstić information content (AvgIpc) is 2.47. The fraction of sp³-hybridized carbons (Fsp3) is 0.125. The zero-order chi connectivity index (χ0) is 16.7. The molecule has 3 aromatic rings. The van der Waals surface area contributed by atoms with Crippen LogP contribution >= 0.6 is 11.6 Å². The number of phenols is 1. The molecular formula is C16H11ClO6. The topological polar surface area (TPSA) is 97.0 Å². The van der Waals surface area contributed by atoms with Gasteiger partial charge >= 0.3 is 5.97 Å². The van der Waals surface area contributed by atoms with E-state index in [4.69, 9.17) is 25.9 Å². The molecule has 1 unspecified atom stereocenters. The quantitative estimate of drug-likeness (QED) is 0.714. The summed E-state index contributed by atoms with van der Waals surface area (Å²) >= 11 is 5.88. The molecule has 7 heteroatoms. The van der Waals surface area contributed by atoms with E-state index < -0.39 is 17.5 Å². The molecule has 0 aliphatic carbocycles. The summed E-state index contributed by atoms with van der Waals surface area (Å²) in [5, 5.41) is 19.6. The first kappa shape index (κ1) is 15.2. The van der Waals surface area contributed by atoms with Crippen molar-refractivity contribution in [2.45, 2.75) is 13.0 Å². The summed E-state index contributed by atoms with van der Waals surface area (Å²) in [6.45, 7) is 1.35. The summed E-state index contributed by atoms with van der Waals surface area (Å²) in [6.07, 6.45) is -1.11. The van der Waals surface area contributed by atoms with E-state index in [1.54, 1.807) is 12.1 Å². The normalized spacial score (nSPS) is 12.4. The second-order valence-corrected chi connectivity index (χ2v) is 5.42. The number of halogens is 1. The van der Waals surface area contributed by atoms with E-state index in [1.165, 1.54) is 25.1 Å². The van der Waals surface area contributed by atoms with Gasteiger partial charge in [-0.1, -0.05) is 11.6 Å². The van der Waals surface area contributed by atoms with Crippen LogP contribution in [-0.2, 0) is 4.79 Å². The predicted octanol–water partition coefficient (Wildman–Crippen LogP) is 3.16. The number of fused-ring (bicyclic) bond motifs is 2. The highest BCUT2D eigenvalue weighted by atomic mass is 35.5. The van der Waals surface area contributed by atoms with Gasteiger partial charge in [-0.05, 0) is 25.1 Å². The number of carboxylic acid groups (broad SMARTS) is 1. The first-order valence-corrected chi connectivity index (χ1v) is 7.03. The largest absolute Gasteiger partial charge is 0.507 e. The molecular weight excluding hydrogens is 324 g/mol. The zero-order valence-corrected chi connectivity index (χ0v) is 12.6. The molecule has 3 rings (SSSR count). The lowest BCUT2D eigenvalue weighted by molar-refractivity contribution is -0.144. The zero-order valence-electron chi connectivity index (χ0n) is 11.9. The summed E-state index contributed by atoms with van der Waals surface area (Å²) in [7, 11) is 0. The molecule has 0 saturated carbocycles. The third-order valence-electron chi connectivity index (χ3n) is 3.35. The van der Waals surface area contributed by atoms with Gasteiger partial charge in [0.1, 0.15) is 28.1 Å². The number of carbonyl (C=O) groups is 1. The monoisotopic (exact) mass is 334 g/mol. The van der Waals surface area contributed by atoms with Crippen LogP contribution in [0.4, 0.5) is 0 Å². The van der Waals surface area contributed by atoms with Gasteiger partial charge in [-0.3, -0.25) is 4.79 Å². The second-order valence-electron chi connectivity index (χ2n) is 4.99. The number of benzene rings is 2. The van der Waals surface area contributed by atoms with E-state index in [9.17, 15) is 14.7 Å². The van der Waals surface area contributed by atoms with Crippen molar-refractivity contribution in [1.82, 2.24) is 0 Å². The van der Waals surface area contributed by atoms with E-state index in [0.29, 0.717) is 10.6 Å². The molecule has 0 radical (unpaired) electrons. The smallest absolute Gasteiger partial charge is 0.344 e. The van der Waals surface area contributed by atoms with Crippen LogP contribution in [0.1, 0.15) is 6.92 Å². The molecule has 6 nitrogen and oxygen atoms in total. The minimum absolute atomic E-state index is 0.0184. The van der Waals surface area contributed by atoms with Crippen molar-refractivity contribution in [1.29, 1.82) is 0 Å². The number of aliphatic carboxylic acids is 1. The van der Waals surface area contributed by atoms with Crippen molar-refractivity contribution in [3.05, 3.63) is 45.6 Å². The van der Waals surface area contributed by atoms with E-state index in [-0.39, 0.29) is 27.9 Å². The summed E-state index contributed by atoms with van der Waals surface area (Å²) in [5.74, 6) is -1.42. The Balaban J connectivity index is 2.25. The Kier molecular flexibility index (Phi) is 3.61. The SMILES string of the molecule is CC(Oc1cc(O)c2c(=O)c3cc(Cl)ccc3oc2c1)C(=O)O. The highest BCUT2D eigenvalue weighted by Crippen LogP contribution is 2.31. The Morgan fingerprint density at radius 3 is 2.70 bits per heavy atom. The standard InChI is InChI=1S/C16H11ClO6/c1-7(16(20)21)22-9-5-11(18)14-13(6-9)23-12-3-2-8(17)4-10(12)15(14)19/h2-7,18H,1H3,(H,20,21). The van der Waals surface area contributed by atoms with Crippen LogP contribution in [-0.4, -0.2) is 22.3 Å². The van der Waals surface area contributed by atoms with Crippen LogP contribution in [0.5, 0.6) is 11.5 Å². The fourth-order valence-electron chi connectivity index (χ4n) is 2.23. The van der Waals surface area contributed by atoms with Crippen LogP contribution in [0.25, 0.3) is 21.9 Å². The highest BCUT2D eigenvalue weighted by molar-refractivity contribution is 6.31. The minimum Gasteiger partial charge on any atom is -0.507 e. The Morgan fingerprint density at radius 1 is 1.26 bits per heavy atom. The molecule has 0 amide bonds. The van der Waals surface area contributed by atoms with Gasteiger partial charge in [-0.2, -0.15) is 0 Å². The Labute approximate surface area is 134 Å². The molecule has 0 spiro atoms. The van der Waals surface area contributed by atoms with Gasteiger partial charge in [0.25, 0.3) is 0 Å². The number of aromatic hydroxyl groups is 1.